The topological polar surface area (TPSA) is 156 Å². The highest BCUT2D eigenvalue weighted by molar-refractivity contribution is 7.90. The zero-order chi connectivity index (χ0) is 35.1. The lowest BCUT2D eigenvalue weighted by Gasteiger charge is -2.34. The van der Waals surface area contributed by atoms with E-state index in [0.29, 0.717) is 24.6 Å². The summed E-state index contributed by atoms with van der Waals surface area (Å²) in [4.78, 5) is 42.2. The van der Waals surface area contributed by atoms with Crippen LogP contribution in [0.2, 0.25) is 0 Å². The fourth-order valence-corrected chi connectivity index (χ4v) is 7.17. The standard InChI is InChI=1S/C35H47N7O5S.ClH/c1-33(2,3)27-15-13-24-30(39-27)42-21-23(19-35(42,7)8)12-14-25(38-28-10-9-11-29(40-28)48(45,46)41-31(24)43)26-18-22(16-17-36-26)20-37-32(44)47-34(4,5)6;/h9-11,13,15-18,23,25H,12,14,19-21H2,1-8H3,(H,37,44)(H,38,40)(H,41,43);1H/t23-,25?;/m0./s1. The third-order valence-corrected chi connectivity index (χ3v) is 9.79. The number of carbonyl (C=O) groups is 2. The van der Waals surface area contributed by atoms with Gasteiger partial charge in [0.25, 0.3) is 15.9 Å². The lowest BCUT2D eigenvalue weighted by molar-refractivity contribution is 0.0523. The number of hydrogen-bond acceptors (Lipinski definition) is 10. The Bertz CT molecular complexity index is 1800. The van der Waals surface area contributed by atoms with Gasteiger partial charge in [0.05, 0.1) is 17.3 Å². The number of rotatable bonds is 3. The molecule has 0 radical (unpaired) electrons. The number of hydrogen-bond donors (Lipinski definition) is 3. The van der Waals surface area contributed by atoms with E-state index in [4.69, 9.17) is 9.72 Å². The Hall–Kier alpha value is -3.97. The fraction of sp³-hybridized carbons (Fsp3) is 0.514. The van der Waals surface area contributed by atoms with Gasteiger partial charge in [-0.3, -0.25) is 9.78 Å². The summed E-state index contributed by atoms with van der Waals surface area (Å²) in [6, 6.07) is 11.5. The second-order valence-electron chi connectivity index (χ2n) is 15.3. The molecule has 0 aromatic carbocycles. The molecule has 12 nitrogen and oxygen atoms in total. The molecule has 14 heteroatoms. The molecule has 3 N–H and O–H groups in total. The van der Waals surface area contributed by atoms with Gasteiger partial charge >= 0.3 is 6.09 Å². The maximum Gasteiger partial charge on any atom is 0.407 e. The minimum absolute atomic E-state index is 0. The van der Waals surface area contributed by atoms with Crippen molar-refractivity contribution in [3.63, 3.8) is 0 Å². The number of halogens is 1. The molecule has 4 bridgehead atoms. The predicted octanol–water partition coefficient (Wildman–Crippen LogP) is 6.29. The van der Waals surface area contributed by atoms with Crippen molar-refractivity contribution in [3.05, 3.63) is 71.2 Å². The van der Waals surface area contributed by atoms with Gasteiger partial charge in [0, 0.05) is 35.9 Å². The van der Waals surface area contributed by atoms with Gasteiger partial charge in [-0.25, -0.2) is 19.5 Å². The summed E-state index contributed by atoms with van der Waals surface area (Å²) in [5.41, 5.74) is 1.31. The van der Waals surface area contributed by atoms with Gasteiger partial charge in [0.1, 0.15) is 17.2 Å². The Labute approximate surface area is 295 Å². The maximum absolute atomic E-state index is 13.7. The molecule has 2 aliphatic heterocycles. The maximum atomic E-state index is 13.7. The van der Waals surface area contributed by atoms with Gasteiger partial charge in [-0.15, -0.1) is 12.4 Å². The van der Waals surface area contributed by atoms with E-state index in [2.05, 4.69) is 64.8 Å². The Balaban J connectivity index is 0.00000541. The van der Waals surface area contributed by atoms with Crippen molar-refractivity contribution >= 4 is 46.1 Å². The number of amides is 2. The molecule has 1 unspecified atom stereocenters. The van der Waals surface area contributed by atoms with E-state index in [1.807, 2.05) is 32.9 Å². The Morgan fingerprint density at radius 1 is 1.06 bits per heavy atom. The molecule has 3 aromatic rings. The molecule has 5 heterocycles. The van der Waals surface area contributed by atoms with Crippen molar-refractivity contribution < 1.29 is 22.7 Å². The van der Waals surface area contributed by atoms with Crippen LogP contribution in [0.5, 0.6) is 0 Å². The van der Waals surface area contributed by atoms with Gasteiger partial charge in [-0.1, -0.05) is 26.8 Å². The Kier molecular flexibility index (Phi) is 10.9. The number of carbonyl (C=O) groups excluding carboxylic acids is 2. The summed E-state index contributed by atoms with van der Waals surface area (Å²) in [7, 11) is -4.33. The first-order valence-corrected chi connectivity index (χ1v) is 17.8. The number of sulfonamides is 1. The van der Waals surface area contributed by atoms with Crippen LogP contribution in [0.25, 0.3) is 0 Å². The predicted molar refractivity (Wildman–Crippen MR) is 192 cm³/mol. The van der Waals surface area contributed by atoms with Crippen molar-refractivity contribution in [3.8, 4) is 0 Å². The molecule has 49 heavy (non-hydrogen) atoms. The second-order valence-corrected chi connectivity index (χ2v) is 17.0. The molecule has 2 amide bonds. The van der Waals surface area contributed by atoms with Crippen molar-refractivity contribution in [2.45, 2.75) is 109 Å². The molecular weight excluding hydrogens is 666 g/mol. The quantitative estimate of drug-likeness (QED) is 0.282. The molecule has 2 aliphatic rings. The molecule has 5 rings (SSSR count). The second kappa shape index (κ2) is 14.1. The summed E-state index contributed by atoms with van der Waals surface area (Å²) < 4.78 is 34.7. The number of fused-ring (bicyclic) bond motifs is 6. The van der Waals surface area contributed by atoms with Gasteiger partial charge in [0.15, 0.2) is 5.03 Å². The van der Waals surface area contributed by atoms with E-state index < -0.39 is 27.6 Å². The van der Waals surface area contributed by atoms with Crippen molar-refractivity contribution in [1.82, 2.24) is 25.0 Å². The first-order valence-electron chi connectivity index (χ1n) is 16.3. The van der Waals surface area contributed by atoms with Gasteiger partial charge in [-0.05, 0) is 102 Å². The zero-order valence-corrected chi connectivity index (χ0v) is 31.1. The van der Waals surface area contributed by atoms with Crippen LogP contribution in [0, 0.1) is 5.92 Å². The smallest absolute Gasteiger partial charge is 0.407 e. The van der Waals surface area contributed by atoms with Gasteiger partial charge in [0.2, 0.25) is 0 Å². The SMILES string of the molecule is CC(C)(C)OC(=O)NCc1ccnc(C2CC[C@@H]3CN(c4nc(C(C)(C)C)ccc4C(=O)NS(=O)(=O)c4cccc(n4)N2)C(C)(C)C3)c1.Cl. The monoisotopic (exact) mass is 713 g/mol. The van der Waals surface area contributed by atoms with E-state index in [-0.39, 0.29) is 52.5 Å². The van der Waals surface area contributed by atoms with Crippen LogP contribution in [0.3, 0.4) is 0 Å². The first-order chi connectivity index (χ1) is 22.3. The molecule has 0 spiro atoms. The van der Waals surface area contributed by atoms with E-state index in [1.54, 1.807) is 30.5 Å². The third kappa shape index (κ3) is 9.18. The zero-order valence-electron chi connectivity index (χ0n) is 29.5. The Morgan fingerprint density at radius 3 is 2.49 bits per heavy atom. The molecular formula is C35H48ClN7O5S. The van der Waals surface area contributed by atoms with Crippen LogP contribution in [0.15, 0.2) is 53.7 Å². The van der Waals surface area contributed by atoms with Crippen molar-refractivity contribution in [1.29, 1.82) is 0 Å². The van der Waals surface area contributed by atoms with Crippen molar-refractivity contribution in [2.75, 3.05) is 16.8 Å². The first kappa shape index (κ1) is 37.8. The van der Waals surface area contributed by atoms with Crippen LogP contribution in [0.1, 0.15) is 108 Å². The minimum atomic E-state index is -4.33. The molecule has 266 valence electrons. The van der Waals surface area contributed by atoms with Crippen LogP contribution in [-0.4, -0.2) is 53.1 Å². The molecule has 1 saturated heterocycles. The number of nitrogens with zero attached hydrogens (tertiary/aromatic N) is 4. The van der Waals surface area contributed by atoms with Gasteiger partial charge in [-0.2, -0.15) is 8.42 Å². The van der Waals surface area contributed by atoms with Gasteiger partial charge < -0.3 is 20.3 Å². The number of aromatic nitrogens is 3. The third-order valence-electron chi connectivity index (χ3n) is 8.55. The molecule has 3 aromatic heterocycles. The van der Waals surface area contributed by atoms with Crippen molar-refractivity contribution in [2.24, 2.45) is 5.92 Å². The number of alkyl carbamates (subject to hydrolysis) is 1. The normalized spacial score (nSPS) is 20.3. The summed E-state index contributed by atoms with van der Waals surface area (Å²) in [5, 5.41) is 5.91. The highest BCUT2D eigenvalue weighted by atomic mass is 35.5. The lowest BCUT2D eigenvalue weighted by atomic mass is 9.90. The van der Waals surface area contributed by atoms with Crippen LogP contribution >= 0.6 is 12.4 Å². The number of nitrogens with one attached hydrogen (secondary N) is 3. The summed E-state index contributed by atoms with van der Waals surface area (Å²) in [6.07, 6.45) is 3.52. The largest absolute Gasteiger partial charge is 0.444 e. The van der Waals surface area contributed by atoms with E-state index >= 15 is 0 Å². The van der Waals surface area contributed by atoms with E-state index in [9.17, 15) is 18.0 Å². The number of pyridine rings is 3. The molecule has 0 saturated carbocycles. The van der Waals surface area contributed by atoms with E-state index in [1.165, 1.54) is 6.07 Å². The summed E-state index contributed by atoms with van der Waals surface area (Å²) >= 11 is 0. The van der Waals surface area contributed by atoms with Crippen LogP contribution < -0.4 is 20.3 Å². The minimum Gasteiger partial charge on any atom is -0.444 e. The molecule has 1 fully saturated rings. The van der Waals surface area contributed by atoms with Crippen LogP contribution in [0.4, 0.5) is 16.4 Å². The lowest BCUT2D eigenvalue weighted by Crippen LogP contribution is -2.41. The average Bonchev–Trinajstić information content (AvgIpc) is 3.29. The fourth-order valence-electron chi connectivity index (χ4n) is 6.23. The molecule has 2 atom stereocenters. The molecule has 0 aliphatic carbocycles. The highest BCUT2D eigenvalue weighted by Crippen LogP contribution is 2.41. The summed E-state index contributed by atoms with van der Waals surface area (Å²) in [6.45, 7) is 16.7. The average molecular weight is 714 g/mol. The van der Waals surface area contributed by atoms with Crippen LogP contribution in [-0.2, 0) is 26.7 Å². The number of anilines is 2. The number of ether oxygens (including phenoxy) is 1. The highest BCUT2D eigenvalue weighted by Gasteiger charge is 2.41. The van der Waals surface area contributed by atoms with E-state index in [0.717, 1.165) is 29.8 Å². The summed E-state index contributed by atoms with van der Waals surface area (Å²) in [5.74, 6) is 0.298. The Morgan fingerprint density at radius 2 is 1.80 bits per heavy atom.